The molecule has 2 amide bonds. The molecule has 1 saturated carbocycles. The molecule has 1 spiro atoms. The van der Waals surface area contributed by atoms with Gasteiger partial charge in [0, 0.05) is 0 Å². The zero-order chi connectivity index (χ0) is 21.5. The standard InChI is InChI=1S/C19H20F4N2O5/c20-14-7-11(19(21,22)23)1-6-15(14)29-12-2-4-13(5-3-12)30-17(27)25-8-18(9-25)10-28-16(26)24-18/h1,6-7,12-13H,2-5,8-10H2,(H,24,26). The van der Waals surface area contributed by atoms with Gasteiger partial charge in [-0.25, -0.2) is 14.0 Å². The molecule has 2 heterocycles. The van der Waals surface area contributed by atoms with Gasteiger partial charge in [-0.1, -0.05) is 0 Å². The molecule has 0 atom stereocenters. The van der Waals surface area contributed by atoms with Crippen LogP contribution in [-0.4, -0.2) is 54.5 Å². The Morgan fingerprint density at radius 3 is 2.40 bits per heavy atom. The Bertz CT molecular complexity index is 833. The van der Waals surface area contributed by atoms with Gasteiger partial charge in [0.05, 0.1) is 24.8 Å². The van der Waals surface area contributed by atoms with E-state index in [4.69, 9.17) is 14.2 Å². The van der Waals surface area contributed by atoms with Crippen molar-refractivity contribution in [2.24, 2.45) is 0 Å². The van der Waals surface area contributed by atoms with E-state index in [1.54, 1.807) is 0 Å². The molecule has 1 aromatic rings. The molecule has 2 saturated heterocycles. The summed E-state index contributed by atoms with van der Waals surface area (Å²) in [6.45, 7) is 0.866. The zero-order valence-electron chi connectivity index (χ0n) is 15.8. The summed E-state index contributed by atoms with van der Waals surface area (Å²) >= 11 is 0. The number of hydrogen-bond donors (Lipinski definition) is 1. The summed E-state index contributed by atoms with van der Waals surface area (Å²) < 4.78 is 67.6. The van der Waals surface area contributed by atoms with Gasteiger partial charge < -0.3 is 24.4 Å². The van der Waals surface area contributed by atoms with Crippen LogP contribution >= 0.6 is 0 Å². The van der Waals surface area contributed by atoms with Crippen molar-refractivity contribution in [1.82, 2.24) is 10.2 Å². The fraction of sp³-hybridized carbons (Fsp3) is 0.579. The summed E-state index contributed by atoms with van der Waals surface area (Å²) in [6.07, 6.45) is -4.32. The lowest BCUT2D eigenvalue weighted by molar-refractivity contribution is -0.137. The molecule has 30 heavy (non-hydrogen) atoms. The van der Waals surface area contributed by atoms with Crippen molar-refractivity contribution in [2.75, 3.05) is 19.7 Å². The Kier molecular flexibility index (Phi) is 5.15. The summed E-state index contributed by atoms with van der Waals surface area (Å²) in [6, 6.07) is 2.18. The Hall–Kier alpha value is -2.72. The molecule has 1 aromatic carbocycles. The van der Waals surface area contributed by atoms with E-state index in [2.05, 4.69) is 5.32 Å². The van der Waals surface area contributed by atoms with E-state index in [1.807, 2.05) is 0 Å². The SMILES string of the molecule is O=C1NC2(CO1)CN(C(=O)OC1CCC(Oc3ccc(C(F)(F)F)cc3F)CC1)C2. The Morgan fingerprint density at radius 2 is 1.83 bits per heavy atom. The van der Waals surface area contributed by atoms with E-state index in [9.17, 15) is 27.2 Å². The minimum absolute atomic E-state index is 0.221. The maximum atomic E-state index is 13.9. The number of rotatable bonds is 3. The number of hydrogen-bond acceptors (Lipinski definition) is 5. The summed E-state index contributed by atoms with van der Waals surface area (Å²) in [5.74, 6) is -1.29. The molecule has 11 heteroatoms. The molecule has 3 fully saturated rings. The Labute approximate surface area is 169 Å². The molecule has 3 aliphatic rings. The number of cyclic esters (lactones) is 1. The number of halogens is 4. The summed E-state index contributed by atoms with van der Waals surface area (Å²) in [5.41, 5.74) is -1.59. The molecule has 164 valence electrons. The van der Waals surface area contributed by atoms with Crippen molar-refractivity contribution < 1.29 is 41.4 Å². The summed E-state index contributed by atoms with van der Waals surface area (Å²) in [4.78, 5) is 24.8. The number of carbonyl (C=O) groups excluding carboxylic acids is 2. The number of likely N-dealkylation sites (tertiary alicyclic amines) is 1. The summed E-state index contributed by atoms with van der Waals surface area (Å²) in [7, 11) is 0. The first kappa shape index (κ1) is 20.5. The maximum absolute atomic E-state index is 13.9. The van der Waals surface area contributed by atoms with Gasteiger partial charge in [-0.05, 0) is 43.9 Å². The van der Waals surface area contributed by atoms with Gasteiger partial charge in [0.25, 0.3) is 0 Å². The van der Waals surface area contributed by atoms with Crippen LogP contribution in [0, 0.1) is 5.82 Å². The van der Waals surface area contributed by atoms with Crippen molar-refractivity contribution in [3.05, 3.63) is 29.6 Å². The van der Waals surface area contributed by atoms with Crippen LogP contribution in [0.1, 0.15) is 31.2 Å². The fourth-order valence-corrected chi connectivity index (χ4v) is 3.91. The molecule has 2 aliphatic heterocycles. The van der Waals surface area contributed by atoms with Gasteiger partial charge in [0.15, 0.2) is 11.6 Å². The lowest BCUT2D eigenvalue weighted by Gasteiger charge is -2.45. The normalized spacial score (nSPS) is 25.3. The zero-order valence-corrected chi connectivity index (χ0v) is 15.8. The first-order valence-electron chi connectivity index (χ1n) is 9.57. The second kappa shape index (κ2) is 7.51. The quantitative estimate of drug-likeness (QED) is 0.741. The van der Waals surface area contributed by atoms with Crippen molar-refractivity contribution in [3.63, 3.8) is 0 Å². The van der Waals surface area contributed by atoms with Crippen LogP contribution in [0.2, 0.25) is 0 Å². The van der Waals surface area contributed by atoms with E-state index in [1.165, 1.54) is 4.90 Å². The van der Waals surface area contributed by atoms with Gasteiger partial charge in [-0.3, -0.25) is 0 Å². The molecule has 1 N–H and O–H groups in total. The van der Waals surface area contributed by atoms with Crippen molar-refractivity contribution >= 4 is 12.2 Å². The average molecular weight is 432 g/mol. The smallest absolute Gasteiger partial charge is 0.416 e. The van der Waals surface area contributed by atoms with E-state index < -0.39 is 35.3 Å². The predicted octanol–water partition coefficient (Wildman–Crippen LogP) is 3.47. The van der Waals surface area contributed by atoms with E-state index in [0.717, 1.165) is 12.1 Å². The average Bonchev–Trinajstić information content (AvgIpc) is 3.05. The lowest BCUT2D eigenvalue weighted by Crippen LogP contribution is -2.70. The van der Waals surface area contributed by atoms with Crippen LogP contribution < -0.4 is 10.1 Å². The molecule has 1 aliphatic carbocycles. The maximum Gasteiger partial charge on any atom is 0.416 e. The largest absolute Gasteiger partial charge is 0.487 e. The van der Waals surface area contributed by atoms with E-state index >= 15 is 0 Å². The molecule has 0 radical (unpaired) electrons. The number of amides is 2. The second-order valence-electron chi connectivity index (χ2n) is 7.88. The monoisotopic (exact) mass is 432 g/mol. The van der Waals surface area contributed by atoms with Crippen molar-refractivity contribution in [1.29, 1.82) is 0 Å². The Balaban J connectivity index is 1.22. The number of carbonyl (C=O) groups is 2. The molecule has 4 rings (SSSR count). The van der Waals surface area contributed by atoms with Gasteiger partial charge >= 0.3 is 18.4 Å². The molecular formula is C19H20F4N2O5. The number of nitrogens with zero attached hydrogens (tertiary/aromatic N) is 1. The molecule has 7 nitrogen and oxygen atoms in total. The van der Waals surface area contributed by atoms with Crippen molar-refractivity contribution in [2.45, 2.75) is 49.6 Å². The minimum Gasteiger partial charge on any atom is -0.487 e. The highest BCUT2D eigenvalue weighted by atomic mass is 19.4. The first-order chi connectivity index (χ1) is 14.1. The van der Waals surface area contributed by atoms with Crippen molar-refractivity contribution in [3.8, 4) is 5.75 Å². The van der Waals surface area contributed by atoms with E-state index in [-0.39, 0.29) is 24.6 Å². The third-order valence-electron chi connectivity index (χ3n) is 5.53. The highest BCUT2D eigenvalue weighted by Gasteiger charge is 2.52. The lowest BCUT2D eigenvalue weighted by atomic mass is 9.92. The van der Waals surface area contributed by atoms with E-state index in [0.29, 0.717) is 44.8 Å². The summed E-state index contributed by atoms with van der Waals surface area (Å²) in [5, 5.41) is 2.68. The van der Waals surface area contributed by atoms with Crippen LogP contribution in [0.15, 0.2) is 18.2 Å². The number of benzene rings is 1. The minimum atomic E-state index is -4.62. The van der Waals surface area contributed by atoms with Crippen LogP contribution in [0.25, 0.3) is 0 Å². The second-order valence-corrected chi connectivity index (χ2v) is 7.88. The number of alkyl halides is 3. The highest BCUT2D eigenvalue weighted by molar-refractivity contribution is 5.74. The van der Waals surface area contributed by atoms with Crippen LogP contribution in [0.3, 0.4) is 0 Å². The van der Waals surface area contributed by atoms with Gasteiger partial charge in [-0.15, -0.1) is 0 Å². The first-order valence-corrected chi connectivity index (χ1v) is 9.57. The van der Waals surface area contributed by atoms with Crippen LogP contribution in [0.4, 0.5) is 27.2 Å². The number of nitrogens with one attached hydrogen (secondary N) is 1. The van der Waals surface area contributed by atoms with Crippen LogP contribution in [-0.2, 0) is 15.7 Å². The third-order valence-corrected chi connectivity index (χ3v) is 5.53. The fourth-order valence-electron chi connectivity index (χ4n) is 3.91. The van der Waals surface area contributed by atoms with Gasteiger partial charge in [0.2, 0.25) is 0 Å². The number of alkyl carbamates (subject to hydrolysis) is 1. The highest BCUT2D eigenvalue weighted by Crippen LogP contribution is 2.34. The Morgan fingerprint density at radius 1 is 1.17 bits per heavy atom. The molecule has 0 unspecified atom stereocenters. The number of ether oxygens (including phenoxy) is 3. The molecular weight excluding hydrogens is 412 g/mol. The topological polar surface area (TPSA) is 77.1 Å². The molecule has 0 aromatic heterocycles. The molecule has 0 bridgehead atoms. The predicted molar refractivity (Wildman–Crippen MR) is 93.3 cm³/mol. The van der Waals surface area contributed by atoms with Gasteiger partial charge in [-0.2, -0.15) is 13.2 Å². The van der Waals surface area contributed by atoms with Crippen LogP contribution in [0.5, 0.6) is 5.75 Å². The van der Waals surface area contributed by atoms with Gasteiger partial charge in [0.1, 0.15) is 18.2 Å². The third kappa shape index (κ3) is 4.24.